The Hall–Kier alpha value is -1.89. The lowest BCUT2D eigenvalue weighted by atomic mass is 10.1. The van der Waals surface area contributed by atoms with E-state index in [-0.39, 0.29) is 12.0 Å². The van der Waals surface area contributed by atoms with Crippen LogP contribution >= 0.6 is 0 Å². The zero-order chi connectivity index (χ0) is 12.3. The van der Waals surface area contributed by atoms with Gasteiger partial charge in [-0.15, -0.1) is 0 Å². The van der Waals surface area contributed by atoms with Crippen LogP contribution in [0.3, 0.4) is 0 Å². The summed E-state index contributed by atoms with van der Waals surface area (Å²) in [5.41, 5.74) is 5.90. The quantitative estimate of drug-likeness (QED) is 0.683. The molecule has 2 heterocycles. The number of anilines is 2. The van der Waals surface area contributed by atoms with E-state index in [2.05, 4.69) is 15.3 Å². The van der Waals surface area contributed by atoms with Crippen LogP contribution < -0.4 is 16.0 Å². The molecule has 0 spiro atoms. The number of carbonyl (C=O) groups is 1. The molecule has 1 aromatic heterocycles. The number of aromatic nitrogens is 2. The van der Waals surface area contributed by atoms with Crippen LogP contribution in [0.1, 0.15) is 12.8 Å². The van der Waals surface area contributed by atoms with Gasteiger partial charge in [0.15, 0.2) is 0 Å². The molecule has 1 aliphatic rings. The Kier molecular flexibility index (Phi) is 3.38. The summed E-state index contributed by atoms with van der Waals surface area (Å²) in [4.78, 5) is 20.4. The number of nitrogens with two attached hydrogens (primary N) is 1. The average Bonchev–Trinajstić information content (AvgIpc) is 2.33. The molecule has 0 atom stereocenters. The summed E-state index contributed by atoms with van der Waals surface area (Å²) in [7, 11) is 0. The topological polar surface area (TPSA) is 104 Å². The molecule has 1 aromatic rings. The smallest absolute Gasteiger partial charge is 0.414 e. The minimum absolute atomic E-state index is 0.0719. The number of hydrogen-bond acceptors (Lipinski definition) is 5. The number of rotatable bonds is 2. The molecule has 0 saturated carbocycles. The fourth-order valence-corrected chi connectivity index (χ4v) is 1.93. The Bertz CT molecular complexity index is 388. The van der Waals surface area contributed by atoms with Crippen LogP contribution in [0.5, 0.6) is 0 Å². The van der Waals surface area contributed by atoms with E-state index < -0.39 is 6.09 Å². The first-order valence-corrected chi connectivity index (χ1v) is 5.49. The van der Waals surface area contributed by atoms with Crippen LogP contribution in [0, 0.1) is 0 Å². The largest absolute Gasteiger partial charge is 0.465 e. The normalized spacial score (nSPS) is 16.7. The van der Waals surface area contributed by atoms with E-state index in [4.69, 9.17) is 5.73 Å². The van der Waals surface area contributed by atoms with Gasteiger partial charge in [-0.1, -0.05) is 0 Å². The van der Waals surface area contributed by atoms with Crippen molar-refractivity contribution >= 4 is 17.7 Å². The second-order valence-electron chi connectivity index (χ2n) is 3.95. The monoisotopic (exact) mass is 237 g/mol. The first-order valence-electron chi connectivity index (χ1n) is 5.49. The van der Waals surface area contributed by atoms with Gasteiger partial charge >= 0.3 is 6.09 Å². The molecule has 0 bridgehead atoms. The van der Waals surface area contributed by atoms with E-state index in [1.165, 1.54) is 17.3 Å². The van der Waals surface area contributed by atoms with Crippen molar-refractivity contribution in [3.05, 3.63) is 12.4 Å². The van der Waals surface area contributed by atoms with Crippen molar-refractivity contribution in [3.63, 3.8) is 0 Å². The van der Waals surface area contributed by atoms with Crippen LogP contribution in [-0.4, -0.2) is 40.3 Å². The molecule has 2 rings (SSSR count). The van der Waals surface area contributed by atoms with E-state index in [9.17, 15) is 9.90 Å². The Labute approximate surface area is 98.7 Å². The van der Waals surface area contributed by atoms with Crippen LogP contribution in [0.25, 0.3) is 0 Å². The standard InChI is InChI=1S/C10H15N5O2/c11-7-5-13-9(14-6-7)15(10(16)17)8-1-3-12-4-2-8/h5-6,8,12H,1-4,11H2,(H,16,17). The van der Waals surface area contributed by atoms with Gasteiger partial charge in [0, 0.05) is 6.04 Å². The second-order valence-corrected chi connectivity index (χ2v) is 3.95. The molecule has 17 heavy (non-hydrogen) atoms. The van der Waals surface area contributed by atoms with Crippen molar-refractivity contribution in [2.24, 2.45) is 0 Å². The molecule has 0 aromatic carbocycles. The Balaban J connectivity index is 2.21. The van der Waals surface area contributed by atoms with Crippen molar-refractivity contribution in [2.75, 3.05) is 23.7 Å². The van der Waals surface area contributed by atoms with Gasteiger partial charge in [0.1, 0.15) is 0 Å². The first-order chi connectivity index (χ1) is 8.18. The van der Waals surface area contributed by atoms with Gasteiger partial charge in [-0.25, -0.2) is 19.7 Å². The zero-order valence-electron chi connectivity index (χ0n) is 9.33. The van der Waals surface area contributed by atoms with Gasteiger partial charge < -0.3 is 16.2 Å². The summed E-state index contributed by atoms with van der Waals surface area (Å²) in [5, 5.41) is 12.4. The summed E-state index contributed by atoms with van der Waals surface area (Å²) in [6, 6.07) is -0.0719. The molecule has 1 aliphatic heterocycles. The van der Waals surface area contributed by atoms with Gasteiger partial charge in [0.2, 0.25) is 5.95 Å². The Morgan fingerprint density at radius 1 is 1.41 bits per heavy atom. The van der Waals surface area contributed by atoms with Gasteiger partial charge in [0.05, 0.1) is 18.1 Å². The Morgan fingerprint density at radius 3 is 2.53 bits per heavy atom. The number of nitrogens with one attached hydrogen (secondary N) is 1. The van der Waals surface area contributed by atoms with E-state index in [0.717, 1.165) is 25.9 Å². The summed E-state index contributed by atoms with van der Waals surface area (Å²) >= 11 is 0. The number of piperidine rings is 1. The molecule has 92 valence electrons. The molecule has 0 radical (unpaired) electrons. The SMILES string of the molecule is Nc1cnc(N(C(=O)O)C2CCNCC2)nc1. The third-order valence-corrected chi connectivity index (χ3v) is 2.75. The predicted molar refractivity (Wildman–Crippen MR) is 62.8 cm³/mol. The fraction of sp³-hybridized carbons (Fsp3) is 0.500. The van der Waals surface area contributed by atoms with Crippen LogP contribution in [0.2, 0.25) is 0 Å². The lowest BCUT2D eigenvalue weighted by molar-refractivity contribution is 0.196. The van der Waals surface area contributed by atoms with Crippen molar-refractivity contribution < 1.29 is 9.90 Å². The lowest BCUT2D eigenvalue weighted by Crippen LogP contribution is -2.46. The zero-order valence-corrected chi connectivity index (χ0v) is 9.33. The van der Waals surface area contributed by atoms with Gasteiger partial charge in [-0.3, -0.25) is 0 Å². The number of hydrogen-bond donors (Lipinski definition) is 3. The predicted octanol–water partition coefficient (Wildman–Crippen LogP) is 0.295. The van der Waals surface area contributed by atoms with Gasteiger partial charge in [-0.05, 0) is 25.9 Å². The van der Waals surface area contributed by atoms with Crippen molar-refractivity contribution in [1.29, 1.82) is 0 Å². The lowest BCUT2D eigenvalue weighted by Gasteiger charge is -2.30. The van der Waals surface area contributed by atoms with Crippen LogP contribution in [0.15, 0.2) is 12.4 Å². The van der Waals surface area contributed by atoms with Crippen LogP contribution in [-0.2, 0) is 0 Å². The van der Waals surface area contributed by atoms with Crippen molar-refractivity contribution in [1.82, 2.24) is 15.3 Å². The highest BCUT2D eigenvalue weighted by atomic mass is 16.4. The summed E-state index contributed by atoms with van der Waals surface area (Å²) in [6.07, 6.45) is 3.33. The minimum Gasteiger partial charge on any atom is -0.465 e. The summed E-state index contributed by atoms with van der Waals surface area (Å²) in [6.45, 7) is 1.62. The van der Waals surface area contributed by atoms with Gasteiger partial charge in [0.25, 0.3) is 0 Å². The maximum atomic E-state index is 11.3. The molecule has 7 heteroatoms. The van der Waals surface area contributed by atoms with Crippen molar-refractivity contribution in [3.8, 4) is 0 Å². The average molecular weight is 237 g/mol. The molecule has 1 saturated heterocycles. The minimum atomic E-state index is -1.03. The molecule has 0 aliphatic carbocycles. The molecule has 4 N–H and O–H groups in total. The second kappa shape index (κ2) is 4.96. The summed E-state index contributed by atoms with van der Waals surface area (Å²) in [5.74, 6) is 0.193. The number of amides is 1. The fourth-order valence-electron chi connectivity index (χ4n) is 1.93. The molecule has 0 unspecified atom stereocenters. The molecular weight excluding hydrogens is 222 g/mol. The third-order valence-electron chi connectivity index (χ3n) is 2.75. The molecule has 7 nitrogen and oxygen atoms in total. The highest BCUT2D eigenvalue weighted by molar-refractivity contribution is 5.84. The van der Waals surface area contributed by atoms with E-state index >= 15 is 0 Å². The maximum absolute atomic E-state index is 11.3. The maximum Gasteiger partial charge on any atom is 0.414 e. The highest BCUT2D eigenvalue weighted by Crippen LogP contribution is 2.18. The van der Waals surface area contributed by atoms with Crippen molar-refractivity contribution in [2.45, 2.75) is 18.9 Å². The molecule has 1 fully saturated rings. The third kappa shape index (κ3) is 2.62. The molecular formula is C10H15N5O2. The van der Waals surface area contributed by atoms with E-state index in [1.54, 1.807) is 0 Å². The molecule has 1 amide bonds. The number of carboxylic acid groups (broad SMARTS) is 1. The van der Waals surface area contributed by atoms with Gasteiger partial charge in [-0.2, -0.15) is 0 Å². The first kappa shape index (κ1) is 11.6. The van der Waals surface area contributed by atoms with E-state index in [0.29, 0.717) is 5.69 Å². The summed E-state index contributed by atoms with van der Waals surface area (Å²) < 4.78 is 0. The number of nitrogens with zero attached hydrogens (tertiary/aromatic N) is 3. The highest BCUT2D eigenvalue weighted by Gasteiger charge is 2.28. The van der Waals surface area contributed by atoms with Crippen LogP contribution in [0.4, 0.5) is 16.4 Å². The van der Waals surface area contributed by atoms with E-state index in [1.807, 2.05) is 0 Å². The Morgan fingerprint density at radius 2 is 2.00 bits per heavy atom. The number of nitrogen functional groups attached to an aromatic ring is 1.